The van der Waals surface area contributed by atoms with Gasteiger partial charge in [-0.25, -0.2) is 0 Å². The second-order valence-corrected chi connectivity index (χ2v) is 5.73. The smallest absolute Gasteiger partial charge is 0.168 e. The Bertz CT molecular complexity index is 250. The van der Waals surface area contributed by atoms with Crippen molar-refractivity contribution in [2.45, 2.75) is 50.4 Å². The zero-order chi connectivity index (χ0) is 12.3. The molecule has 0 radical (unpaired) electrons. The van der Waals surface area contributed by atoms with E-state index in [-0.39, 0.29) is 5.79 Å². The molecule has 1 spiro atoms. The largest absolute Gasteiger partial charge is 0.377 e. The highest BCUT2D eigenvalue weighted by atomic mass is 16.7. The Morgan fingerprint density at radius 2 is 1.72 bits per heavy atom. The lowest BCUT2D eigenvalue weighted by atomic mass is 9.92. The molecule has 0 aromatic carbocycles. The van der Waals surface area contributed by atoms with Gasteiger partial charge in [-0.15, -0.1) is 0 Å². The first-order chi connectivity index (χ1) is 8.86. The summed E-state index contributed by atoms with van der Waals surface area (Å²) < 4.78 is 17.5. The maximum Gasteiger partial charge on any atom is 0.168 e. The van der Waals surface area contributed by atoms with E-state index in [1.165, 1.54) is 25.9 Å². The van der Waals surface area contributed by atoms with E-state index in [4.69, 9.17) is 14.2 Å². The summed E-state index contributed by atoms with van der Waals surface area (Å²) >= 11 is 0. The summed E-state index contributed by atoms with van der Waals surface area (Å²) in [5.74, 6) is -0.241. The highest BCUT2D eigenvalue weighted by Gasteiger charge is 2.40. The molecule has 0 bridgehead atoms. The van der Waals surface area contributed by atoms with Crippen LogP contribution in [0.4, 0.5) is 0 Å². The minimum absolute atomic E-state index is 0.241. The Balaban J connectivity index is 1.32. The van der Waals surface area contributed by atoms with Crippen LogP contribution in [0.5, 0.6) is 0 Å². The van der Waals surface area contributed by atoms with E-state index < -0.39 is 0 Å². The average molecular weight is 255 g/mol. The third-order valence-corrected chi connectivity index (χ3v) is 4.47. The predicted molar refractivity (Wildman–Crippen MR) is 68.5 cm³/mol. The molecule has 0 amide bonds. The summed E-state index contributed by atoms with van der Waals surface area (Å²) in [4.78, 5) is 2.51. The zero-order valence-electron chi connectivity index (χ0n) is 11.2. The molecule has 3 rings (SSSR count). The van der Waals surface area contributed by atoms with Crippen molar-refractivity contribution in [2.24, 2.45) is 0 Å². The van der Waals surface area contributed by atoms with Crippen molar-refractivity contribution in [1.82, 2.24) is 4.90 Å². The molecule has 1 saturated carbocycles. The van der Waals surface area contributed by atoms with Gasteiger partial charge in [-0.3, -0.25) is 0 Å². The molecular formula is C14H25NO3. The molecule has 2 aliphatic heterocycles. The number of hydrogen-bond acceptors (Lipinski definition) is 4. The van der Waals surface area contributed by atoms with E-state index >= 15 is 0 Å². The van der Waals surface area contributed by atoms with Gasteiger partial charge in [0.15, 0.2) is 5.79 Å². The van der Waals surface area contributed by atoms with Gasteiger partial charge in [0.25, 0.3) is 0 Å². The van der Waals surface area contributed by atoms with Gasteiger partial charge in [0.1, 0.15) is 0 Å². The first kappa shape index (κ1) is 12.9. The number of ether oxygens (including phenoxy) is 3. The summed E-state index contributed by atoms with van der Waals surface area (Å²) in [6.45, 7) is 6.05. The van der Waals surface area contributed by atoms with E-state index in [9.17, 15) is 0 Å². The molecule has 0 unspecified atom stereocenters. The van der Waals surface area contributed by atoms with E-state index in [1.807, 2.05) is 0 Å². The van der Waals surface area contributed by atoms with Crippen molar-refractivity contribution >= 4 is 0 Å². The van der Waals surface area contributed by atoms with Crippen LogP contribution in [-0.2, 0) is 14.2 Å². The van der Waals surface area contributed by atoms with Gasteiger partial charge in [0, 0.05) is 19.4 Å². The van der Waals surface area contributed by atoms with E-state index in [0.29, 0.717) is 6.10 Å². The van der Waals surface area contributed by atoms with Gasteiger partial charge in [-0.1, -0.05) is 0 Å². The molecule has 2 heterocycles. The van der Waals surface area contributed by atoms with Crippen LogP contribution in [0.1, 0.15) is 38.5 Å². The van der Waals surface area contributed by atoms with Crippen LogP contribution in [0.2, 0.25) is 0 Å². The van der Waals surface area contributed by atoms with Crippen molar-refractivity contribution in [2.75, 3.05) is 39.5 Å². The fourth-order valence-electron chi connectivity index (χ4n) is 3.34. The zero-order valence-corrected chi connectivity index (χ0v) is 11.2. The van der Waals surface area contributed by atoms with Crippen LogP contribution in [0.25, 0.3) is 0 Å². The first-order valence-electron chi connectivity index (χ1n) is 7.48. The molecule has 4 heteroatoms. The first-order valence-corrected chi connectivity index (χ1v) is 7.48. The van der Waals surface area contributed by atoms with Gasteiger partial charge in [0.05, 0.1) is 25.9 Å². The van der Waals surface area contributed by atoms with Crippen molar-refractivity contribution in [1.29, 1.82) is 0 Å². The summed E-state index contributed by atoms with van der Waals surface area (Å²) in [6, 6.07) is 0. The lowest BCUT2D eigenvalue weighted by molar-refractivity contribution is -0.191. The third-order valence-electron chi connectivity index (χ3n) is 4.47. The lowest BCUT2D eigenvalue weighted by Gasteiger charge is -2.35. The van der Waals surface area contributed by atoms with Crippen molar-refractivity contribution in [3.8, 4) is 0 Å². The molecular weight excluding hydrogens is 230 g/mol. The monoisotopic (exact) mass is 255 g/mol. The molecule has 3 aliphatic rings. The molecule has 0 aromatic rings. The molecule has 4 nitrogen and oxygen atoms in total. The molecule has 0 aromatic heterocycles. The second-order valence-electron chi connectivity index (χ2n) is 5.73. The van der Waals surface area contributed by atoms with Crippen LogP contribution in [0, 0.1) is 0 Å². The Labute approximate surface area is 110 Å². The summed E-state index contributed by atoms with van der Waals surface area (Å²) in [5, 5.41) is 0. The Morgan fingerprint density at radius 3 is 2.39 bits per heavy atom. The molecule has 104 valence electrons. The van der Waals surface area contributed by atoms with Crippen LogP contribution in [-0.4, -0.2) is 56.2 Å². The van der Waals surface area contributed by atoms with E-state index in [0.717, 1.165) is 52.0 Å². The Kier molecular flexibility index (Phi) is 4.19. The fraction of sp³-hybridized carbons (Fsp3) is 1.00. The van der Waals surface area contributed by atoms with Crippen molar-refractivity contribution in [3.05, 3.63) is 0 Å². The quantitative estimate of drug-likeness (QED) is 0.766. The minimum atomic E-state index is -0.241. The topological polar surface area (TPSA) is 30.9 Å². The molecule has 2 saturated heterocycles. The molecule has 0 N–H and O–H groups in total. The fourth-order valence-corrected chi connectivity index (χ4v) is 3.34. The van der Waals surface area contributed by atoms with E-state index in [1.54, 1.807) is 0 Å². The standard InChI is InChI=1S/C14H25NO3/c1-2-8-15(7-1)9-10-16-13-3-5-14(6-4-13)17-11-12-18-14/h13H,1-12H2. The summed E-state index contributed by atoms with van der Waals surface area (Å²) in [6.07, 6.45) is 7.32. The maximum absolute atomic E-state index is 5.99. The van der Waals surface area contributed by atoms with Crippen LogP contribution in [0.3, 0.4) is 0 Å². The van der Waals surface area contributed by atoms with Crippen LogP contribution < -0.4 is 0 Å². The number of nitrogens with zero attached hydrogens (tertiary/aromatic N) is 1. The Hall–Kier alpha value is -0.160. The average Bonchev–Trinajstić information content (AvgIpc) is 3.04. The molecule has 18 heavy (non-hydrogen) atoms. The molecule has 3 fully saturated rings. The van der Waals surface area contributed by atoms with Crippen molar-refractivity contribution < 1.29 is 14.2 Å². The van der Waals surface area contributed by atoms with E-state index in [2.05, 4.69) is 4.90 Å². The second kappa shape index (κ2) is 5.87. The third kappa shape index (κ3) is 3.05. The highest BCUT2D eigenvalue weighted by molar-refractivity contribution is 4.83. The van der Waals surface area contributed by atoms with Crippen LogP contribution >= 0.6 is 0 Å². The maximum atomic E-state index is 5.99. The summed E-state index contributed by atoms with van der Waals surface area (Å²) in [5.41, 5.74) is 0. The van der Waals surface area contributed by atoms with Gasteiger partial charge in [-0.05, 0) is 38.8 Å². The van der Waals surface area contributed by atoms with Crippen molar-refractivity contribution in [3.63, 3.8) is 0 Å². The number of hydrogen-bond donors (Lipinski definition) is 0. The summed E-state index contributed by atoms with van der Waals surface area (Å²) in [7, 11) is 0. The highest BCUT2D eigenvalue weighted by Crippen LogP contribution is 2.36. The van der Waals surface area contributed by atoms with Gasteiger partial charge < -0.3 is 19.1 Å². The molecule has 0 atom stereocenters. The van der Waals surface area contributed by atoms with Gasteiger partial charge in [-0.2, -0.15) is 0 Å². The predicted octanol–water partition coefficient (Wildman–Crippen LogP) is 1.78. The van der Waals surface area contributed by atoms with Gasteiger partial charge >= 0.3 is 0 Å². The normalized spacial score (nSPS) is 29.3. The minimum Gasteiger partial charge on any atom is -0.377 e. The Morgan fingerprint density at radius 1 is 1.06 bits per heavy atom. The van der Waals surface area contributed by atoms with Gasteiger partial charge in [0.2, 0.25) is 0 Å². The lowest BCUT2D eigenvalue weighted by Crippen LogP contribution is -2.38. The molecule has 1 aliphatic carbocycles. The van der Waals surface area contributed by atoms with Crippen LogP contribution in [0.15, 0.2) is 0 Å². The number of rotatable bonds is 4. The number of likely N-dealkylation sites (tertiary alicyclic amines) is 1. The SMILES string of the molecule is C1CCN(CCOC2CCC3(CC2)OCCO3)C1.